The molecule has 2 aromatic rings. The Labute approximate surface area is 169 Å². The van der Waals surface area contributed by atoms with Gasteiger partial charge in [-0.1, -0.05) is 74.0 Å². The van der Waals surface area contributed by atoms with Crippen molar-refractivity contribution in [2.75, 3.05) is 6.61 Å². The van der Waals surface area contributed by atoms with Gasteiger partial charge in [0.1, 0.15) is 0 Å². The first-order valence-corrected chi connectivity index (χ1v) is 10.6. The van der Waals surface area contributed by atoms with Crippen molar-refractivity contribution in [2.24, 2.45) is 11.3 Å². The van der Waals surface area contributed by atoms with Gasteiger partial charge in [-0.15, -0.1) is 0 Å². The second-order valence-corrected chi connectivity index (χ2v) is 8.21. The third-order valence-corrected chi connectivity index (χ3v) is 6.33. The molecule has 1 aliphatic carbocycles. The maximum Gasteiger partial charge on any atom is 0.312 e. The molecule has 2 aromatic carbocycles. The first-order valence-electron chi connectivity index (χ1n) is 10.6. The van der Waals surface area contributed by atoms with Crippen LogP contribution in [-0.2, 0) is 22.6 Å². The first-order chi connectivity index (χ1) is 13.6. The van der Waals surface area contributed by atoms with E-state index in [-0.39, 0.29) is 11.4 Å². The number of hydrogen-bond donors (Lipinski definition) is 0. The lowest BCUT2D eigenvalue weighted by Crippen LogP contribution is -2.36. The largest absolute Gasteiger partial charge is 0.466 e. The van der Waals surface area contributed by atoms with E-state index in [1.807, 2.05) is 6.92 Å². The smallest absolute Gasteiger partial charge is 0.312 e. The molecule has 0 aromatic heterocycles. The van der Waals surface area contributed by atoms with Crippen molar-refractivity contribution >= 4 is 5.97 Å². The SMILES string of the molecule is CCOC(=O)C1(C)C[C@H](N(Cc2ccccc2)Cc2ccccc2)C[C@H]1CC. The van der Waals surface area contributed by atoms with Crippen molar-refractivity contribution in [3.05, 3.63) is 71.8 Å². The van der Waals surface area contributed by atoms with Gasteiger partial charge in [-0.2, -0.15) is 0 Å². The Morgan fingerprint density at radius 3 is 2.00 bits per heavy atom. The Kier molecular flexibility index (Phi) is 6.90. The lowest BCUT2D eigenvalue weighted by molar-refractivity contribution is -0.156. The van der Waals surface area contributed by atoms with E-state index in [0.29, 0.717) is 18.6 Å². The zero-order valence-corrected chi connectivity index (χ0v) is 17.4. The molecule has 0 saturated heterocycles. The van der Waals surface area contributed by atoms with E-state index in [9.17, 15) is 4.79 Å². The fraction of sp³-hybridized carbons (Fsp3) is 0.480. The molecule has 1 aliphatic rings. The molecule has 150 valence electrons. The van der Waals surface area contributed by atoms with E-state index in [1.54, 1.807) is 0 Å². The maximum absolute atomic E-state index is 12.8. The first kappa shape index (κ1) is 20.6. The van der Waals surface area contributed by atoms with Gasteiger partial charge in [-0.05, 0) is 43.7 Å². The lowest BCUT2D eigenvalue weighted by atomic mass is 9.78. The van der Waals surface area contributed by atoms with Crippen LogP contribution in [0, 0.1) is 11.3 Å². The normalized spacial score (nSPS) is 24.4. The molecule has 3 rings (SSSR count). The maximum atomic E-state index is 12.8. The molecule has 0 aliphatic heterocycles. The molecular formula is C25H33NO2. The van der Waals surface area contributed by atoms with Crippen molar-refractivity contribution in [1.82, 2.24) is 4.90 Å². The van der Waals surface area contributed by atoms with E-state index in [2.05, 4.69) is 79.4 Å². The van der Waals surface area contributed by atoms with E-state index in [0.717, 1.165) is 32.4 Å². The van der Waals surface area contributed by atoms with Crippen LogP contribution in [0.15, 0.2) is 60.7 Å². The third kappa shape index (κ3) is 4.64. The van der Waals surface area contributed by atoms with Gasteiger partial charge in [0, 0.05) is 19.1 Å². The van der Waals surface area contributed by atoms with Gasteiger partial charge in [0.25, 0.3) is 0 Å². The quantitative estimate of drug-likeness (QED) is 0.572. The van der Waals surface area contributed by atoms with Crippen LogP contribution in [-0.4, -0.2) is 23.5 Å². The van der Waals surface area contributed by atoms with E-state index >= 15 is 0 Å². The van der Waals surface area contributed by atoms with Crippen LogP contribution in [0.1, 0.15) is 51.2 Å². The van der Waals surface area contributed by atoms with Crippen LogP contribution in [0.25, 0.3) is 0 Å². The van der Waals surface area contributed by atoms with Gasteiger partial charge < -0.3 is 4.74 Å². The Balaban J connectivity index is 1.83. The van der Waals surface area contributed by atoms with Gasteiger partial charge >= 0.3 is 5.97 Å². The highest BCUT2D eigenvalue weighted by Gasteiger charge is 2.50. The molecule has 0 spiro atoms. The van der Waals surface area contributed by atoms with Crippen LogP contribution in [0.5, 0.6) is 0 Å². The van der Waals surface area contributed by atoms with Crippen molar-refractivity contribution in [3.8, 4) is 0 Å². The highest BCUT2D eigenvalue weighted by atomic mass is 16.5. The minimum atomic E-state index is -0.388. The lowest BCUT2D eigenvalue weighted by Gasteiger charge is -2.31. The topological polar surface area (TPSA) is 29.5 Å². The highest BCUT2D eigenvalue weighted by Crippen LogP contribution is 2.48. The Bertz CT molecular complexity index is 704. The van der Waals surface area contributed by atoms with Gasteiger partial charge in [0.15, 0.2) is 0 Å². The van der Waals surface area contributed by atoms with Crippen LogP contribution >= 0.6 is 0 Å². The minimum absolute atomic E-state index is 0.0243. The summed E-state index contributed by atoms with van der Waals surface area (Å²) < 4.78 is 5.47. The number of carbonyl (C=O) groups is 1. The predicted molar refractivity (Wildman–Crippen MR) is 114 cm³/mol. The third-order valence-electron chi connectivity index (χ3n) is 6.33. The molecular weight excluding hydrogens is 346 g/mol. The zero-order valence-electron chi connectivity index (χ0n) is 17.4. The summed E-state index contributed by atoms with van der Waals surface area (Å²) in [6, 6.07) is 21.7. The Morgan fingerprint density at radius 2 is 1.54 bits per heavy atom. The molecule has 0 amide bonds. The molecule has 1 unspecified atom stereocenters. The van der Waals surface area contributed by atoms with E-state index in [1.165, 1.54) is 11.1 Å². The predicted octanol–water partition coefficient (Wildman–Crippen LogP) is 5.45. The standard InChI is InChI=1S/C25H33NO2/c1-4-22-16-23(17-25(22,3)24(27)28-5-2)26(18-20-12-8-6-9-13-20)19-21-14-10-7-11-15-21/h6-15,22-23H,4-5,16-19H2,1-3H3/t22-,23-,25?/m1/s1. The van der Waals surface area contributed by atoms with Gasteiger partial charge in [0.05, 0.1) is 12.0 Å². The summed E-state index contributed by atoms with van der Waals surface area (Å²) in [5.74, 6) is 0.342. The number of rotatable bonds is 8. The number of esters is 1. The van der Waals surface area contributed by atoms with Gasteiger partial charge in [-0.3, -0.25) is 9.69 Å². The van der Waals surface area contributed by atoms with Crippen molar-refractivity contribution in [2.45, 2.75) is 59.2 Å². The highest BCUT2D eigenvalue weighted by molar-refractivity contribution is 5.77. The fourth-order valence-electron chi connectivity index (χ4n) is 4.72. The number of benzene rings is 2. The summed E-state index contributed by atoms with van der Waals surface area (Å²) in [5.41, 5.74) is 2.24. The molecule has 1 saturated carbocycles. The van der Waals surface area contributed by atoms with Crippen molar-refractivity contribution < 1.29 is 9.53 Å². The summed E-state index contributed by atoms with van der Waals surface area (Å²) in [7, 11) is 0. The second-order valence-electron chi connectivity index (χ2n) is 8.21. The van der Waals surface area contributed by atoms with E-state index in [4.69, 9.17) is 4.74 Å². The van der Waals surface area contributed by atoms with Crippen molar-refractivity contribution in [3.63, 3.8) is 0 Å². The Morgan fingerprint density at radius 1 is 1.00 bits per heavy atom. The summed E-state index contributed by atoms with van der Waals surface area (Å²) in [4.78, 5) is 15.3. The number of nitrogens with zero attached hydrogens (tertiary/aromatic N) is 1. The minimum Gasteiger partial charge on any atom is -0.466 e. The van der Waals surface area contributed by atoms with Crippen LogP contribution in [0.2, 0.25) is 0 Å². The number of carbonyl (C=O) groups excluding carboxylic acids is 1. The zero-order chi connectivity index (χ0) is 20.0. The molecule has 3 atom stereocenters. The average molecular weight is 380 g/mol. The molecule has 0 N–H and O–H groups in total. The second kappa shape index (κ2) is 9.38. The molecule has 1 fully saturated rings. The van der Waals surface area contributed by atoms with Crippen LogP contribution in [0.3, 0.4) is 0 Å². The summed E-state index contributed by atoms with van der Waals surface area (Å²) >= 11 is 0. The summed E-state index contributed by atoms with van der Waals surface area (Å²) in [6.45, 7) is 8.45. The Hall–Kier alpha value is -2.13. The fourth-order valence-corrected chi connectivity index (χ4v) is 4.72. The van der Waals surface area contributed by atoms with Crippen LogP contribution in [0.4, 0.5) is 0 Å². The van der Waals surface area contributed by atoms with E-state index < -0.39 is 0 Å². The molecule has 0 bridgehead atoms. The number of hydrogen-bond acceptors (Lipinski definition) is 3. The molecule has 3 heteroatoms. The average Bonchev–Trinajstić information content (AvgIpc) is 3.07. The summed E-state index contributed by atoms with van der Waals surface area (Å²) in [5, 5.41) is 0. The van der Waals surface area contributed by atoms with Crippen molar-refractivity contribution in [1.29, 1.82) is 0 Å². The number of ether oxygens (including phenoxy) is 1. The van der Waals surface area contributed by atoms with Crippen LogP contribution < -0.4 is 0 Å². The van der Waals surface area contributed by atoms with Gasteiger partial charge in [0.2, 0.25) is 0 Å². The monoisotopic (exact) mass is 379 g/mol. The van der Waals surface area contributed by atoms with Gasteiger partial charge in [-0.25, -0.2) is 0 Å². The molecule has 3 nitrogen and oxygen atoms in total. The summed E-state index contributed by atoms with van der Waals surface area (Å²) in [6.07, 6.45) is 2.92. The molecule has 0 radical (unpaired) electrons. The molecule has 0 heterocycles. The molecule has 28 heavy (non-hydrogen) atoms.